The highest BCUT2D eigenvalue weighted by molar-refractivity contribution is 5.91. The Morgan fingerprint density at radius 2 is 0.836 bits per heavy atom. The minimum Gasteiger partial charge on any atom is -0.507 e. The molecule has 0 fully saturated rings. The molecule has 0 aliphatic heterocycles. The number of hydrogen-bond acceptors (Lipinski definition) is 9. The number of carbonyl (C=O) groups is 1. The molecule has 0 aliphatic rings. The second-order valence-corrected chi connectivity index (χ2v) is 20.0. The van der Waals surface area contributed by atoms with Gasteiger partial charge in [0.05, 0.1) is 36.8 Å². The number of phenolic OH excluding ortho intramolecular Hbond substituents is 1. The fourth-order valence-corrected chi connectivity index (χ4v) is 8.88. The lowest BCUT2D eigenvalue weighted by Gasteiger charge is -2.11. The molecular weight excluding hydrogens is 907 g/mol. The number of benzene rings is 4. The third kappa shape index (κ3) is 28.2. The summed E-state index contributed by atoms with van der Waals surface area (Å²) in [7, 11) is 0. The summed E-state index contributed by atoms with van der Waals surface area (Å²) >= 11 is 0. The molecule has 0 unspecified atom stereocenters. The zero-order valence-electron chi connectivity index (χ0n) is 45.7. The quantitative estimate of drug-likeness (QED) is 0.0155. The van der Waals surface area contributed by atoms with E-state index in [4.69, 9.17) is 18.9 Å². The predicted molar refractivity (Wildman–Crippen MR) is 305 cm³/mol. The summed E-state index contributed by atoms with van der Waals surface area (Å²) < 4.78 is 24.0. The monoisotopic (exact) mass is 1000 g/mol. The van der Waals surface area contributed by atoms with Crippen LogP contribution in [0.5, 0.6) is 28.7 Å². The van der Waals surface area contributed by atoms with E-state index in [1.54, 1.807) is 42.6 Å². The average Bonchev–Trinajstić information content (AvgIpc) is 3.40. The van der Waals surface area contributed by atoms with E-state index >= 15 is 0 Å². The number of azo groups is 1. The lowest BCUT2D eigenvalue weighted by atomic mass is 10.1. The van der Waals surface area contributed by atoms with Crippen LogP contribution >= 0.6 is 0 Å². The Balaban J connectivity index is 1.24. The van der Waals surface area contributed by atoms with Gasteiger partial charge in [0.1, 0.15) is 28.7 Å². The molecule has 0 aromatic heterocycles. The van der Waals surface area contributed by atoms with E-state index < -0.39 is 5.97 Å². The number of ether oxygens (including phenoxy) is 4. The van der Waals surface area contributed by atoms with Crippen LogP contribution < -0.4 is 18.9 Å². The number of nitrogens with zero attached hydrogens (tertiary/aromatic N) is 3. The molecule has 4 aromatic rings. The second-order valence-electron chi connectivity index (χ2n) is 20.0. The van der Waals surface area contributed by atoms with Gasteiger partial charge in [-0.05, 0) is 92.1 Å². The number of esters is 1. The standard InChI is InChI=1S/C64H95N3O6/c1-4-7-10-13-16-19-22-23-26-27-30-33-48-70-58-43-36-54(37-44-58)64(69)73-60-46-47-61(63(52-60)72-50-35-32-29-25-21-18-15-12-9-6-3)67-66-57-41-39-56(40-42-57)65-53-55-38-45-59(51-62(55)68)71-49-34-31-28-24-20-17-14-11-8-5-2/h36-47,51-53,68H,4-35,48-50H2,1-3H3. The van der Waals surface area contributed by atoms with Gasteiger partial charge in [0.25, 0.3) is 0 Å². The van der Waals surface area contributed by atoms with Crippen molar-refractivity contribution in [1.82, 2.24) is 0 Å². The van der Waals surface area contributed by atoms with Gasteiger partial charge in [-0.2, -0.15) is 5.11 Å². The third-order valence-electron chi connectivity index (χ3n) is 13.5. The summed E-state index contributed by atoms with van der Waals surface area (Å²) in [6, 6.07) is 25.1. The maximum atomic E-state index is 13.3. The van der Waals surface area contributed by atoms with Crippen LogP contribution in [0.2, 0.25) is 0 Å². The molecule has 9 heteroatoms. The molecule has 0 heterocycles. The largest absolute Gasteiger partial charge is 0.507 e. The van der Waals surface area contributed by atoms with E-state index in [0.717, 1.165) is 31.4 Å². The SMILES string of the molecule is CCCCCCCCCCCCCCOc1ccc(C(=O)Oc2ccc(N=Nc3ccc(N=Cc4ccc(OCCCCCCCCCCCC)cc4O)cc3)c(OCCCCCCCCCCCC)c2)cc1. The normalized spacial score (nSPS) is 11.5. The Labute approximate surface area is 442 Å². The smallest absolute Gasteiger partial charge is 0.343 e. The first-order valence-corrected chi connectivity index (χ1v) is 29.2. The van der Waals surface area contributed by atoms with Crippen molar-refractivity contribution in [2.75, 3.05) is 19.8 Å². The van der Waals surface area contributed by atoms with Crippen LogP contribution in [-0.4, -0.2) is 37.1 Å². The fourth-order valence-electron chi connectivity index (χ4n) is 8.88. The number of carbonyl (C=O) groups excluding carboxylic acids is 1. The van der Waals surface area contributed by atoms with Gasteiger partial charge in [-0.25, -0.2) is 4.79 Å². The molecule has 0 spiro atoms. The molecule has 0 amide bonds. The summed E-state index contributed by atoms with van der Waals surface area (Å²) in [5.41, 5.74) is 2.94. The molecule has 4 rings (SSSR count). The molecule has 402 valence electrons. The summed E-state index contributed by atoms with van der Waals surface area (Å²) in [6.45, 7) is 8.63. The zero-order valence-corrected chi connectivity index (χ0v) is 45.7. The first-order valence-electron chi connectivity index (χ1n) is 29.2. The second kappa shape index (κ2) is 40.2. The Kier molecular flexibility index (Phi) is 33.3. The molecular formula is C64H95N3O6. The maximum Gasteiger partial charge on any atom is 0.343 e. The van der Waals surface area contributed by atoms with Crippen molar-refractivity contribution in [2.45, 2.75) is 226 Å². The number of phenols is 1. The molecule has 0 saturated heterocycles. The molecule has 0 atom stereocenters. The van der Waals surface area contributed by atoms with Crippen LogP contribution in [0.3, 0.4) is 0 Å². The summed E-state index contributed by atoms with van der Waals surface area (Å²) in [4.78, 5) is 17.9. The van der Waals surface area contributed by atoms with Crippen LogP contribution in [0, 0.1) is 0 Å². The average molecular weight is 1000 g/mol. The summed E-state index contributed by atoms with van der Waals surface area (Å²) in [5.74, 6) is 1.95. The molecule has 4 aromatic carbocycles. The molecule has 0 bridgehead atoms. The molecule has 0 aliphatic carbocycles. The van der Waals surface area contributed by atoms with E-state index in [-0.39, 0.29) is 5.75 Å². The number of hydrogen-bond donors (Lipinski definition) is 1. The van der Waals surface area contributed by atoms with Gasteiger partial charge in [0.2, 0.25) is 0 Å². The van der Waals surface area contributed by atoms with Gasteiger partial charge < -0.3 is 24.1 Å². The van der Waals surface area contributed by atoms with Crippen molar-refractivity contribution in [3.8, 4) is 28.7 Å². The van der Waals surface area contributed by atoms with Crippen LogP contribution in [0.25, 0.3) is 0 Å². The van der Waals surface area contributed by atoms with E-state index in [9.17, 15) is 9.90 Å². The highest BCUT2D eigenvalue weighted by atomic mass is 16.5. The Hall–Kier alpha value is -5.18. The van der Waals surface area contributed by atoms with E-state index in [2.05, 4.69) is 36.0 Å². The molecule has 9 nitrogen and oxygen atoms in total. The lowest BCUT2D eigenvalue weighted by Crippen LogP contribution is -2.08. The number of aromatic hydroxyl groups is 1. The van der Waals surface area contributed by atoms with Gasteiger partial charge in [-0.1, -0.05) is 207 Å². The van der Waals surface area contributed by atoms with Gasteiger partial charge in [-0.3, -0.25) is 4.99 Å². The van der Waals surface area contributed by atoms with Crippen molar-refractivity contribution < 1.29 is 28.8 Å². The lowest BCUT2D eigenvalue weighted by molar-refractivity contribution is 0.0734. The molecule has 0 radical (unpaired) electrons. The molecule has 73 heavy (non-hydrogen) atoms. The first-order chi connectivity index (χ1) is 36.0. The van der Waals surface area contributed by atoms with Crippen molar-refractivity contribution >= 4 is 29.2 Å². The van der Waals surface area contributed by atoms with Gasteiger partial charge in [0.15, 0.2) is 5.75 Å². The zero-order chi connectivity index (χ0) is 51.7. The minimum atomic E-state index is -0.457. The number of aliphatic imine (C=N–C) groups is 1. The van der Waals surface area contributed by atoms with Gasteiger partial charge in [0, 0.05) is 23.9 Å². The van der Waals surface area contributed by atoms with Crippen LogP contribution in [-0.2, 0) is 0 Å². The predicted octanol–water partition coefficient (Wildman–Crippen LogP) is 20.5. The summed E-state index contributed by atoms with van der Waals surface area (Å²) in [5, 5.41) is 19.8. The highest BCUT2D eigenvalue weighted by Crippen LogP contribution is 2.34. The number of unbranched alkanes of at least 4 members (excludes halogenated alkanes) is 29. The van der Waals surface area contributed by atoms with Gasteiger partial charge in [-0.15, -0.1) is 5.11 Å². The minimum absolute atomic E-state index is 0.126. The highest BCUT2D eigenvalue weighted by Gasteiger charge is 2.13. The van der Waals surface area contributed by atoms with E-state index in [0.29, 0.717) is 65.3 Å². The molecule has 0 saturated carbocycles. The summed E-state index contributed by atoms with van der Waals surface area (Å²) in [6.07, 6.45) is 42.5. The molecule has 1 N–H and O–H groups in total. The topological polar surface area (TPSA) is 111 Å². The Morgan fingerprint density at radius 1 is 0.425 bits per heavy atom. The van der Waals surface area contributed by atoms with Gasteiger partial charge >= 0.3 is 5.97 Å². The van der Waals surface area contributed by atoms with Crippen molar-refractivity contribution in [2.24, 2.45) is 15.2 Å². The van der Waals surface area contributed by atoms with E-state index in [1.165, 1.54) is 180 Å². The van der Waals surface area contributed by atoms with Crippen LogP contribution in [0.15, 0.2) is 100 Å². The fraction of sp³-hybridized carbons (Fsp3) is 0.594. The van der Waals surface area contributed by atoms with E-state index in [1.807, 2.05) is 48.5 Å². The van der Waals surface area contributed by atoms with Crippen molar-refractivity contribution in [3.05, 3.63) is 96.1 Å². The van der Waals surface area contributed by atoms with Crippen molar-refractivity contribution in [1.29, 1.82) is 0 Å². The number of rotatable bonds is 44. The third-order valence-corrected chi connectivity index (χ3v) is 13.5. The van der Waals surface area contributed by atoms with Crippen LogP contribution in [0.4, 0.5) is 17.1 Å². The Morgan fingerprint density at radius 3 is 1.32 bits per heavy atom. The van der Waals surface area contributed by atoms with Crippen molar-refractivity contribution in [3.63, 3.8) is 0 Å². The Bertz CT molecular complexity index is 2070. The maximum absolute atomic E-state index is 13.3. The first kappa shape index (κ1) is 60.4. The van der Waals surface area contributed by atoms with Crippen LogP contribution in [0.1, 0.15) is 242 Å².